The van der Waals surface area contributed by atoms with Crippen molar-refractivity contribution in [3.05, 3.63) is 59.7 Å². The van der Waals surface area contributed by atoms with Crippen molar-refractivity contribution < 1.29 is 23.5 Å². The highest BCUT2D eigenvalue weighted by atomic mass is 19.1. The van der Waals surface area contributed by atoms with E-state index in [1.54, 1.807) is 24.0 Å². The van der Waals surface area contributed by atoms with Gasteiger partial charge in [-0.2, -0.15) is 0 Å². The number of ether oxygens (including phenoxy) is 1. The number of carbonyl (C=O) groups is 3. The Bertz CT molecular complexity index is 1040. The van der Waals surface area contributed by atoms with Gasteiger partial charge in [0, 0.05) is 37.4 Å². The summed E-state index contributed by atoms with van der Waals surface area (Å²) < 4.78 is 20.4. The smallest absolute Gasteiger partial charge is 0.306 e. The third-order valence-electron chi connectivity index (χ3n) is 6.97. The number of rotatable bonds is 13. The molecule has 7 nitrogen and oxygen atoms in total. The first kappa shape index (κ1) is 29.4. The lowest BCUT2D eigenvalue weighted by Crippen LogP contribution is -2.48. The van der Waals surface area contributed by atoms with Crippen LogP contribution in [-0.4, -0.2) is 57.9 Å². The van der Waals surface area contributed by atoms with E-state index in [1.807, 2.05) is 37.1 Å². The summed E-state index contributed by atoms with van der Waals surface area (Å²) in [5, 5.41) is 0. The highest BCUT2D eigenvalue weighted by molar-refractivity contribution is 5.86. The van der Waals surface area contributed by atoms with Crippen LogP contribution in [0.1, 0.15) is 77.0 Å². The van der Waals surface area contributed by atoms with E-state index < -0.39 is 5.97 Å². The number of benzene rings is 1. The zero-order chi connectivity index (χ0) is 27.5. The molecular weight excluding hydrogens is 485 g/mol. The SMILES string of the molecule is CCOC(=O)CCC(=O)N(CC(=O)N(Cc1cccn1Cc1ccc(F)cc1)C1CCCCC1)CC(C)C. The van der Waals surface area contributed by atoms with Crippen LogP contribution >= 0.6 is 0 Å². The Kier molecular flexibility index (Phi) is 11.4. The van der Waals surface area contributed by atoms with Gasteiger partial charge in [-0.1, -0.05) is 45.2 Å². The van der Waals surface area contributed by atoms with E-state index in [9.17, 15) is 18.8 Å². The van der Waals surface area contributed by atoms with Crippen LogP contribution in [0, 0.1) is 11.7 Å². The predicted molar refractivity (Wildman–Crippen MR) is 145 cm³/mol. The molecule has 0 saturated heterocycles. The minimum Gasteiger partial charge on any atom is -0.466 e. The molecule has 0 spiro atoms. The maximum atomic E-state index is 13.8. The number of esters is 1. The molecule has 1 heterocycles. The van der Waals surface area contributed by atoms with Gasteiger partial charge in [0.2, 0.25) is 11.8 Å². The Morgan fingerprint density at radius 3 is 2.39 bits per heavy atom. The lowest BCUT2D eigenvalue weighted by Gasteiger charge is -2.36. The molecule has 8 heteroatoms. The summed E-state index contributed by atoms with van der Waals surface area (Å²) in [5.41, 5.74) is 1.98. The molecule has 2 aromatic rings. The molecule has 1 aliphatic rings. The number of hydrogen-bond donors (Lipinski definition) is 0. The van der Waals surface area contributed by atoms with E-state index in [1.165, 1.54) is 18.6 Å². The van der Waals surface area contributed by atoms with Gasteiger partial charge in [0.05, 0.1) is 26.1 Å². The maximum Gasteiger partial charge on any atom is 0.306 e. The number of halogens is 1. The van der Waals surface area contributed by atoms with Crippen molar-refractivity contribution in [3.63, 3.8) is 0 Å². The second-order valence-corrected chi connectivity index (χ2v) is 10.5. The van der Waals surface area contributed by atoms with Crippen LogP contribution < -0.4 is 0 Å². The molecule has 38 heavy (non-hydrogen) atoms. The Hall–Kier alpha value is -3.16. The van der Waals surface area contributed by atoms with Gasteiger partial charge in [0.25, 0.3) is 0 Å². The van der Waals surface area contributed by atoms with Gasteiger partial charge >= 0.3 is 5.97 Å². The number of aromatic nitrogens is 1. The minimum absolute atomic E-state index is 0.00495. The highest BCUT2D eigenvalue weighted by Crippen LogP contribution is 2.25. The first-order valence-corrected chi connectivity index (χ1v) is 13.9. The van der Waals surface area contributed by atoms with Crippen LogP contribution in [0.15, 0.2) is 42.6 Å². The molecule has 1 aromatic heterocycles. The Morgan fingerprint density at radius 2 is 1.74 bits per heavy atom. The molecular formula is C30H42FN3O4. The molecule has 208 valence electrons. The summed E-state index contributed by atoms with van der Waals surface area (Å²) in [6, 6.07) is 10.6. The number of nitrogens with zero attached hydrogens (tertiary/aromatic N) is 3. The third kappa shape index (κ3) is 8.99. The fourth-order valence-electron chi connectivity index (χ4n) is 5.07. The van der Waals surface area contributed by atoms with Crippen LogP contribution in [0.2, 0.25) is 0 Å². The molecule has 0 bridgehead atoms. The highest BCUT2D eigenvalue weighted by Gasteiger charge is 2.29. The zero-order valence-corrected chi connectivity index (χ0v) is 23.0. The van der Waals surface area contributed by atoms with E-state index in [4.69, 9.17) is 4.74 Å². The molecule has 0 aliphatic heterocycles. The van der Waals surface area contributed by atoms with Crippen LogP contribution in [0.4, 0.5) is 4.39 Å². The molecule has 1 aliphatic carbocycles. The van der Waals surface area contributed by atoms with Crippen LogP contribution in [0.5, 0.6) is 0 Å². The Morgan fingerprint density at radius 1 is 1.03 bits per heavy atom. The molecule has 0 atom stereocenters. The van der Waals surface area contributed by atoms with E-state index in [2.05, 4.69) is 4.57 Å². The lowest BCUT2D eigenvalue weighted by molar-refractivity contribution is -0.147. The molecule has 0 N–H and O–H groups in total. The maximum absolute atomic E-state index is 13.8. The van der Waals surface area contributed by atoms with Crippen LogP contribution in [0.25, 0.3) is 0 Å². The van der Waals surface area contributed by atoms with Crippen molar-refractivity contribution in [2.75, 3.05) is 19.7 Å². The quantitative estimate of drug-likeness (QED) is 0.337. The second-order valence-electron chi connectivity index (χ2n) is 10.5. The summed E-state index contributed by atoms with van der Waals surface area (Å²) in [5.74, 6) is -0.758. The molecule has 1 aromatic carbocycles. The molecule has 3 rings (SSSR count). The van der Waals surface area contributed by atoms with Gasteiger partial charge in [-0.15, -0.1) is 0 Å². The molecule has 0 unspecified atom stereocenters. The van der Waals surface area contributed by atoms with Crippen molar-refractivity contribution in [1.82, 2.24) is 14.4 Å². The summed E-state index contributed by atoms with van der Waals surface area (Å²) in [6.07, 6.45) is 7.26. The van der Waals surface area contributed by atoms with Gasteiger partial charge in [-0.05, 0) is 55.5 Å². The average Bonchev–Trinajstić information content (AvgIpc) is 3.33. The van der Waals surface area contributed by atoms with Crippen molar-refractivity contribution >= 4 is 17.8 Å². The van der Waals surface area contributed by atoms with Crippen molar-refractivity contribution in [3.8, 4) is 0 Å². The zero-order valence-electron chi connectivity index (χ0n) is 23.0. The van der Waals surface area contributed by atoms with E-state index in [0.717, 1.165) is 36.9 Å². The standard InChI is InChI=1S/C30H42FN3O4/c1-4-38-30(37)17-16-28(35)33(19-23(2)3)22-29(36)34(26-9-6-5-7-10-26)21-27-11-8-18-32(27)20-24-12-14-25(31)15-13-24/h8,11-15,18,23,26H,4-7,9-10,16-17,19-22H2,1-3H3. The van der Waals surface area contributed by atoms with Gasteiger partial charge in [-0.3, -0.25) is 14.4 Å². The molecule has 1 saturated carbocycles. The van der Waals surface area contributed by atoms with Crippen molar-refractivity contribution in [2.24, 2.45) is 5.92 Å². The van der Waals surface area contributed by atoms with Gasteiger partial charge in [0.1, 0.15) is 5.82 Å². The van der Waals surface area contributed by atoms with Crippen LogP contribution in [0.3, 0.4) is 0 Å². The lowest BCUT2D eigenvalue weighted by atomic mass is 9.94. The second kappa shape index (κ2) is 14.7. The number of amides is 2. The Labute approximate surface area is 225 Å². The predicted octanol–water partition coefficient (Wildman–Crippen LogP) is 5.16. The van der Waals surface area contributed by atoms with Gasteiger partial charge in [0.15, 0.2) is 0 Å². The molecule has 0 radical (unpaired) electrons. The Balaban J connectivity index is 1.75. The van der Waals surface area contributed by atoms with E-state index >= 15 is 0 Å². The normalized spacial score (nSPS) is 13.9. The van der Waals surface area contributed by atoms with Gasteiger partial charge < -0.3 is 19.1 Å². The fraction of sp³-hybridized carbons (Fsp3) is 0.567. The van der Waals surface area contributed by atoms with E-state index in [0.29, 0.717) is 19.6 Å². The first-order chi connectivity index (χ1) is 18.3. The third-order valence-corrected chi connectivity index (χ3v) is 6.97. The summed E-state index contributed by atoms with van der Waals surface area (Å²) in [7, 11) is 0. The molecule has 2 amide bonds. The van der Waals surface area contributed by atoms with E-state index in [-0.39, 0.29) is 55.6 Å². The monoisotopic (exact) mass is 527 g/mol. The average molecular weight is 528 g/mol. The number of hydrogen-bond acceptors (Lipinski definition) is 4. The minimum atomic E-state index is -0.401. The molecule has 1 fully saturated rings. The first-order valence-electron chi connectivity index (χ1n) is 13.9. The van der Waals surface area contributed by atoms with Crippen LogP contribution in [-0.2, 0) is 32.2 Å². The summed E-state index contributed by atoms with van der Waals surface area (Å²) in [6.45, 7) is 7.52. The summed E-state index contributed by atoms with van der Waals surface area (Å²) in [4.78, 5) is 42.2. The summed E-state index contributed by atoms with van der Waals surface area (Å²) >= 11 is 0. The largest absolute Gasteiger partial charge is 0.466 e. The topological polar surface area (TPSA) is 71.8 Å². The van der Waals surface area contributed by atoms with Crippen molar-refractivity contribution in [1.29, 1.82) is 0 Å². The fourth-order valence-corrected chi connectivity index (χ4v) is 5.07. The number of carbonyl (C=O) groups excluding carboxylic acids is 3. The van der Waals surface area contributed by atoms with Gasteiger partial charge in [-0.25, -0.2) is 4.39 Å². The van der Waals surface area contributed by atoms with Crippen molar-refractivity contribution in [2.45, 2.75) is 84.8 Å².